The second-order valence-corrected chi connectivity index (χ2v) is 5.64. The molecule has 0 radical (unpaired) electrons. The van der Waals surface area contributed by atoms with Gasteiger partial charge in [0.2, 0.25) is 0 Å². The Morgan fingerprint density at radius 2 is 2.44 bits per heavy atom. The predicted octanol–water partition coefficient (Wildman–Crippen LogP) is 2.36. The number of carbonyl (C=O) groups excluding carboxylic acids is 1. The second kappa shape index (κ2) is 4.63. The highest BCUT2D eigenvalue weighted by molar-refractivity contribution is 8.00. The Morgan fingerprint density at radius 1 is 1.69 bits per heavy atom. The highest BCUT2D eigenvalue weighted by Gasteiger charge is 2.41. The normalized spacial score (nSPS) is 16.9. The van der Waals surface area contributed by atoms with Crippen LogP contribution >= 0.6 is 23.4 Å². The van der Waals surface area contributed by atoms with E-state index in [9.17, 15) is 4.79 Å². The number of nitrogens with zero attached hydrogens (tertiary/aromatic N) is 1. The van der Waals surface area contributed by atoms with E-state index < -0.39 is 0 Å². The van der Waals surface area contributed by atoms with E-state index in [1.165, 1.54) is 12.8 Å². The van der Waals surface area contributed by atoms with Gasteiger partial charge in [-0.1, -0.05) is 11.6 Å². The summed E-state index contributed by atoms with van der Waals surface area (Å²) in [7, 11) is 0. The number of carbonyl (C=O) groups is 1. The van der Waals surface area contributed by atoms with Crippen LogP contribution in [0.25, 0.3) is 0 Å². The van der Waals surface area contributed by atoms with Crippen molar-refractivity contribution in [3.63, 3.8) is 0 Å². The molecule has 0 aromatic carbocycles. The topological polar surface area (TPSA) is 42.0 Å². The molecule has 0 aliphatic heterocycles. The Hall–Kier alpha value is -0.740. The zero-order valence-corrected chi connectivity index (χ0v) is 10.6. The lowest BCUT2D eigenvalue weighted by Gasteiger charge is -2.12. The van der Waals surface area contributed by atoms with Crippen LogP contribution in [0.5, 0.6) is 0 Å². The number of rotatable bonds is 4. The maximum Gasteiger partial charge on any atom is 0.269 e. The van der Waals surface area contributed by atoms with Crippen LogP contribution in [0, 0.1) is 0 Å². The molecular weight excluding hydrogens is 244 g/mol. The third-order valence-corrected chi connectivity index (χ3v) is 4.42. The summed E-state index contributed by atoms with van der Waals surface area (Å²) in [6.07, 6.45) is 5.98. The minimum absolute atomic E-state index is 0.150. The van der Waals surface area contributed by atoms with Crippen molar-refractivity contribution in [2.45, 2.75) is 17.6 Å². The second-order valence-electron chi connectivity index (χ2n) is 3.93. The van der Waals surface area contributed by atoms with Gasteiger partial charge in [-0.25, -0.2) is 0 Å². The summed E-state index contributed by atoms with van der Waals surface area (Å²) in [6.45, 7) is 0.710. The van der Waals surface area contributed by atoms with E-state index in [0.29, 0.717) is 17.3 Å². The number of hydrogen-bond acceptors (Lipinski definition) is 3. The van der Waals surface area contributed by atoms with Crippen molar-refractivity contribution >= 4 is 29.3 Å². The molecule has 0 bridgehead atoms. The molecule has 1 aliphatic rings. The lowest BCUT2D eigenvalue weighted by Crippen LogP contribution is -2.32. The molecule has 2 rings (SSSR count). The Morgan fingerprint density at radius 3 is 3.00 bits per heavy atom. The van der Waals surface area contributed by atoms with Crippen molar-refractivity contribution in [3.8, 4) is 0 Å². The molecule has 0 saturated heterocycles. The van der Waals surface area contributed by atoms with Gasteiger partial charge < -0.3 is 5.32 Å². The molecule has 1 aromatic rings. The maximum absolute atomic E-state index is 11.7. The molecule has 1 fully saturated rings. The zero-order chi connectivity index (χ0) is 11.6. The third kappa shape index (κ3) is 2.68. The Balaban J connectivity index is 1.93. The van der Waals surface area contributed by atoms with E-state index in [0.717, 1.165) is 0 Å². The fourth-order valence-electron chi connectivity index (χ4n) is 1.45. The first kappa shape index (κ1) is 11.7. The van der Waals surface area contributed by atoms with Crippen LogP contribution in [0.2, 0.25) is 5.02 Å². The van der Waals surface area contributed by atoms with Gasteiger partial charge in [-0.05, 0) is 31.2 Å². The van der Waals surface area contributed by atoms with Gasteiger partial charge >= 0.3 is 0 Å². The molecule has 0 atom stereocenters. The number of hydrogen-bond donors (Lipinski definition) is 1. The molecule has 1 aliphatic carbocycles. The SMILES string of the molecule is CSC1(CNC(=O)c2cc(Cl)ccn2)CC1. The molecular formula is C11H13ClN2OS. The highest BCUT2D eigenvalue weighted by atomic mass is 35.5. The number of thioether (sulfide) groups is 1. The molecule has 0 unspecified atom stereocenters. The summed E-state index contributed by atoms with van der Waals surface area (Å²) < 4.78 is 0.272. The average molecular weight is 257 g/mol. The van der Waals surface area contributed by atoms with Gasteiger partial charge in [0, 0.05) is 22.5 Å². The van der Waals surface area contributed by atoms with Gasteiger partial charge in [0.25, 0.3) is 5.91 Å². The van der Waals surface area contributed by atoms with Crippen LogP contribution in [0.1, 0.15) is 23.3 Å². The Labute approximate surface area is 104 Å². The fourth-order valence-corrected chi connectivity index (χ4v) is 2.34. The van der Waals surface area contributed by atoms with E-state index in [2.05, 4.69) is 16.6 Å². The quantitative estimate of drug-likeness (QED) is 0.899. The molecule has 16 heavy (non-hydrogen) atoms. The van der Waals surface area contributed by atoms with Crippen molar-refractivity contribution in [3.05, 3.63) is 29.0 Å². The van der Waals surface area contributed by atoms with Crippen LogP contribution in [-0.2, 0) is 0 Å². The van der Waals surface area contributed by atoms with Crippen LogP contribution in [0.3, 0.4) is 0 Å². The molecule has 1 amide bonds. The number of halogens is 1. The number of amides is 1. The van der Waals surface area contributed by atoms with Crippen LogP contribution in [0.4, 0.5) is 0 Å². The van der Waals surface area contributed by atoms with E-state index in [1.54, 1.807) is 18.3 Å². The van der Waals surface area contributed by atoms with E-state index in [1.807, 2.05) is 11.8 Å². The zero-order valence-electron chi connectivity index (χ0n) is 9.00. The number of aromatic nitrogens is 1. The minimum Gasteiger partial charge on any atom is -0.349 e. The lowest BCUT2D eigenvalue weighted by molar-refractivity contribution is 0.0948. The van der Waals surface area contributed by atoms with Crippen molar-refractivity contribution in [2.75, 3.05) is 12.8 Å². The van der Waals surface area contributed by atoms with Gasteiger partial charge in [0.1, 0.15) is 5.69 Å². The Bertz CT molecular complexity index is 407. The van der Waals surface area contributed by atoms with E-state index in [-0.39, 0.29) is 10.7 Å². The summed E-state index contributed by atoms with van der Waals surface area (Å²) in [5.41, 5.74) is 0.379. The summed E-state index contributed by atoms with van der Waals surface area (Å²) in [5.74, 6) is -0.150. The van der Waals surface area contributed by atoms with Gasteiger partial charge in [0.15, 0.2) is 0 Å². The number of pyridine rings is 1. The molecule has 1 heterocycles. The monoisotopic (exact) mass is 256 g/mol. The van der Waals surface area contributed by atoms with Crippen LogP contribution in [0.15, 0.2) is 18.3 Å². The lowest BCUT2D eigenvalue weighted by atomic mass is 10.3. The summed E-state index contributed by atoms with van der Waals surface area (Å²) in [4.78, 5) is 15.7. The third-order valence-electron chi connectivity index (χ3n) is 2.77. The average Bonchev–Trinajstić information content (AvgIpc) is 3.07. The van der Waals surface area contributed by atoms with Crippen molar-refractivity contribution in [2.24, 2.45) is 0 Å². The van der Waals surface area contributed by atoms with Gasteiger partial charge in [-0.2, -0.15) is 11.8 Å². The smallest absolute Gasteiger partial charge is 0.269 e. The molecule has 1 aromatic heterocycles. The fraction of sp³-hybridized carbons (Fsp3) is 0.455. The van der Waals surface area contributed by atoms with E-state index in [4.69, 9.17) is 11.6 Å². The van der Waals surface area contributed by atoms with Crippen molar-refractivity contribution in [1.29, 1.82) is 0 Å². The summed E-state index contributed by atoms with van der Waals surface area (Å²) in [6, 6.07) is 3.23. The van der Waals surface area contributed by atoms with Gasteiger partial charge in [-0.15, -0.1) is 0 Å². The first-order chi connectivity index (χ1) is 7.65. The van der Waals surface area contributed by atoms with Gasteiger partial charge in [-0.3, -0.25) is 9.78 Å². The Kier molecular flexibility index (Phi) is 3.40. The molecule has 86 valence electrons. The molecule has 3 nitrogen and oxygen atoms in total. The predicted molar refractivity (Wildman–Crippen MR) is 67.1 cm³/mol. The minimum atomic E-state index is -0.150. The first-order valence-electron chi connectivity index (χ1n) is 5.10. The summed E-state index contributed by atoms with van der Waals surface area (Å²) >= 11 is 7.61. The molecule has 1 saturated carbocycles. The van der Waals surface area contributed by atoms with Gasteiger partial charge in [0.05, 0.1) is 0 Å². The van der Waals surface area contributed by atoms with Crippen LogP contribution in [-0.4, -0.2) is 28.4 Å². The standard InChI is InChI=1S/C11H13ClN2OS/c1-16-11(3-4-11)7-14-10(15)9-6-8(12)2-5-13-9/h2,5-6H,3-4,7H2,1H3,(H,14,15). The summed E-state index contributed by atoms with van der Waals surface area (Å²) in [5, 5.41) is 3.43. The first-order valence-corrected chi connectivity index (χ1v) is 6.70. The number of nitrogens with one attached hydrogen (secondary N) is 1. The van der Waals surface area contributed by atoms with Crippen LogP contribution < -0.4 is 5.32 Å². The van der Waals surface area contributed by atoms with Crippen molar-refractivity contribution in [1.82, 2.24) is 10.3 Å². The maximum atomic E-state index is 11.7. The van der Waals surface area contributed by atoms with Crippen molar-refractivity contribution < 1.29 is 4.79 Å². The van der Waals surface area contributed by atoms with E-state index >= 15 is 0 Å². The highest BCUT2D eigenvalue weighted by Crippen LogP contribution is 2.46. The molecule has 1 N–H and O–H groups in total. The molecule has 5 heteroatoms. The molecule has 0 spiro atoms. The largest absolute Gasteiger partial charge is 0.349 e.